The number of carbonyl (C=O) groups is 2. The topological polar surface area (TPSA) is 49.4 Å². The average Bonchev–Trinajstić information content (AvgIpc) is 3.04. The van der Waals surface area contributed by atoms with Crippen molar-refractivity contribution in [3.63, 3.8) is 0 Å². The van der Waals surface area contributed by atoms with Gasteiger partial charge in [-0.25, -0.2) is 0 Å². The zero-order valence-corrected chi connectivity index (χ0v) is 13.3. The quantitative estimate of drug-likeness (QED) is 0.856. The summed E-state index contributed by atoms with van der Waals surface area (Å²) in [6.45, 7) is 0.566. The largest absolute Gasteiger partial charge is 0.327 e. The Morgan fingerprint density at radius 1 is 1.04 bits per heavy atom. The molecule has 1 heterocycles. The maximum Gasteiger partial charge on any atom is 0.313 e. The highest BCUT2D eigenvalue weighted by Gasteiger charge is 2.34. The second-order valence-corrected chi connectivity index (χ2v) is 5.91. The molecule has 0 aromatic heterocycles. The van der Waals surface area contributed by atoms with Gasteiger partial charge < -0.3 is 10.2 Å². The number of amides is 2. The third-order valence-electron chi connectivity index (χ3n) is 4.00. The summed E-state index contributed by atoms with van der Waals surface area (Å²) in [6.07, 6.45) is 1.67. The Morgan fingerprint density at radius 2 is 1.74 bits per heavy atom. The standard InChI is InChI=1S/C18H17ClN2O2/c19-15-10-5-4-9-14(15)16-11-6-12-21(16)18(23)17(22)20-13-7-2-1-3-8-13/h1-5,7-10,16H,6,11-12H2,(H,20,22)/t16-/m0/s1. The summed E-state index contributed by atoms with van der Waals surface area (Å²) in [5.74, 6) is -1.13. The van der Waals surface area contributed by atoms with E-state index >= 15 is 0 Å². The van der Waals surface area contributed by atoms with Gasteiger partial charge in [0.05, 0.1) is 6.04 Å². The number of halogens is 1. The van der Waals surface area contributed by atoms with Crippen molar-refractivity contribution in [1.82, 2.24) is 4.90 Å². The van der Waals surface area contributed by atoms with Crippen LogP contribution in [0.15, 0.2) is 54.6 Å². The molecule has 1 N–H and O–H groups in total. The maximum absolute atomic E-state index is 12.5. The van der Waals surface area contributed by atoms with Gasteiger partial charge in [-0.15, -0.1) is 0 Å². The van der Waals surface area contributed by atoms with Crippen molar-refractivity contribution in [2.24, 2.45) is 0 Å². The third kappa shape index (κ3) is 3.37. The fraction of sp³-hybridized carbons (Fsp3) is 0.222. The Kier molecular flexibility index (Phi) is 4.63. The fourth-order valence-electron chi connectivity index (χ4n) is 2.91. The number of nitrogens with one attached hydrogen (secondary N) is 1. The summed E-state index contributed by atoms with van der Waals surface area (Å²) < 4.78 is 0. The van der Waals surface area contributed by atoms with Gasteiger partial charge in [-0.2, -0.15) is 0 Å². The molecule has 3 rings (SSSR count). The zero-order chi connectivity index (χ0) is 16.2. The Hall–Kier alpha value is -2.33. The van der Waals surface area contributed by atoms with E-state index in [-0.39, 0.29) is 6.04 Å². The minimum absolute atomic E-state index is 0.141. The first-order valence-electron chi connectivity index (χ1n) is 7.58. The summed E-state index contributed by atoms with van der Waals surface area (Å²) in [4.78, 5) is 26.4. The van der Waals surface area contributed by atoms with Crippen LogP contribution in [0.4, 0.5) is 5.69 Å². The van der Waals surface area contributed by atoms with E-state index in [4.69, 9.17) is 11.6 Å². The van der Waals surface area contributed by atoms with E-state index in [2.05, 4.69) is 5.32 Å². The van der Waals surface area contributed by atoms with Crippen molar-refractivity contribution >= 4 is 29.1 Å². The predicted octanol–water partition coefficient (Wildman–Crippen LogP) is 3.64. The van der Waals surface area contributed by atoms with E-state index in [9.17, 15) is 9.59 Å². The van der Waals surface area contributed by atoms with Crippen molar-refractivity contribution in [1.29, 1.82) is 0 Å². The number of rotatable bonds is 2. The number of carbonyl (C=O) groups excluding carboxylic acids is 2. The minimum atomic E-state index is -0.616. The van der Waals surface area contributed by atoms with E-state index in [1.54, 1.807) is 17.0 Å². The third-order valence-corrected chi connectivity index (χ3v) is 4.35. The summed E-state index contributed by atoms with van der Waals surface area (Å²) in [5, 5.41) is 3.27. The smallest absolute Gasteiger partial charge is 0.313 e. The lowest BCUT2D eigenvalue weighted by Crippen LogP contribution is -2.39. The lowest BCUT2D eigenvalue weighted by molar-refractivity contribution is -0.143. The van der Waals surface area contributed by atoms with Gasteiger partial charge >= 0.3 is 11.8 Å². The van der Waals surface area contributed by atoms with Crippen molar-refractivity contribution in [3.05, 3.63) is 65.2 Å². The number of anilines is 1. The number of para-hydroxylation sites is 1. The van der Waals surface area contributed by atoms with Gasteiger partial charge in [-0.1, -0.05) is 48.0 Å². The molecule has 0 aliphatic carbocycles. The predicted molar refractivity (Wildman–Crippen MR) is 90.2 cm³/mol. The molecular formula is C18H17ClN2O2. The first kappa shape index (κ1) is 15.6. The summed E-state index contributed by atoms with van der Waals surface area (Å²) in [5.41, 5.74) is 1.51. The number of benzene rings is 2. The molecule has 118 valence electrons. The van der Waals surface area contributed by atoms with E-state index in [1.807, 2.05) is 42.5 Å². The Labute approximate surface area is 140 Å². The first-order chi connectivity index (χ1) is 11.2. The van der Waals surface area contributed by atoms with Crippen LogP contribution in [0.25, 0.3) is 0 Å². The zero-order valence-electron chi connectivity index (χ0n) is 12.5. The molecule has 1 fully saturated rings. The normalized spacial score (nSPS) is 17.1. The monoisotopic (exact) mass is 328 g/mol. The summed E-state index contributed by atoms with van der Waals surface area (Å²) in [7, 11) is 0. The molecule has 2 aromatic rings. The highest BCUT2D eigenvalue weighted by atomic mass is 35.5. The molecule has 4 nitrogen and oxygen atoms in total. The van der Waals surface area contributed by atoms with Gasteiger partial charge in [0.1, 0.15) is 0 Å². The van der Waals surface area contributed by atoms with Crippen molar-refractivity contribution in [2.45, 2.75) is 18.9 Å². The van der Waals surface area contributed by atoms with Gasteiger partial charge in [0.2, 0.25) is 0 Å². The number of hydrogen-bond donors (Lipinski definition) is 1. The molecular weight excluding hydrogens is 312 g/mol. The van der Waals surface area contributed by atoms with Gasteiger partial charge in [-0.05, 0) is 36.6 Å². The van der Waals surface area contributed by atoms with E-state index in [0.29, 0.717) is 17.3 Å². The molecule has 0 radical (unpaired) electrons. The molecule has 1 atom stereocenters. The van der Waals surface area contributed by atoms with Crippen LogP contribution < -0.4 is 5.32 Å². The highest BCUT2D eigenvalue weighted by molar-refractivity contribution is 6.39. The second kappa shape index (κ2) is 6.84. The molecule has 0 bridgehead atoms. The van der Waals surface area contributed by atoms with Crippen LogP contribution in [-0.2, 0) is 9.59 Å². The second-order valence-electron chi connectivity index (χ2n) is 5.50. The SMILES string of the molecule is O=C(Nc1ccccc1)C(=O)N1CCC[C@H]1c1ccccc1Cl. The van der Waals surface area contributed by atoms with Gasteiger partial charge in [0, 0.05) is 17.3 Å². The Morgan fingerprint density at radius 3 is 2.48 bits per heavy atom. The van der Waals surface area contributed by atoms with Crippen LogP contribution in [0.1, 0.15) is 24.4 Å². The molecule has 1 aliphatic rings. The van der Waals surface area contributed by atoms with Crippen LogP contribution in [0, 0.1) is 0 Å². The lowest BCUT2D eigenvalue weighted by atomic mass is 10.0. The highest BCUT2D eigenvalue weighted by Crippen LogP contribution is 2.35. The van der Waals surface area contributed by atoms with Gasteiger partial charge in [-0.3, -0.25) is 9.59 Å². The molecule has 23 heavy (non-hydrogen) atoms. The van der Waals surface area contributed by atoms with Crippen molar-refractivity contribution < 1.29 is 9.59 Å². The molecule has 1 saturated heterocycles. The van der Waals surface area contributed by atoms with Gasteiger partial charge in [0.25, 0.3) is 0 Å². The van der Waals surface area contributed by atoms with E-state index < -0.39 is 11.8 Å². The van der Waals surface area contributed by atoms with E-state index in [0.717, 1.165) is 18.4 Å². The summed E-state index contributed by atoms with van der Waals surface area (Å²) in [6, 6.07) is 16.3. The maximum atomic E-state index is 12.5. The number of hydrogen-bond acceptors (Lipinski definition) is 2. The molecule has 2 amide bonds. The van der Waals surface area contributed by atoms with Crippen LogP contribution >= 0.6 is 11.6 Å². The van der Waals surface area contributed by atoms with Crippen LogP contribution in [0.2, 0.25) is 5.02 Å². The van der Waals surface area contributed by atoms with Crippen LogP contribution in [0.3, 0.4) is 0 Å². The van der Waals surface area contributed by atoms with Crippen molar-refractivity contribution in [3.8, 4) is 0 Å². The molecule has 0 saturated carbocycles. The van der Waals surface area contributed by atoms with Crippen LogP contribution in [-0.4, -0.2) is 23.3 Å². The molecule has 0 unspecified atom stereocenters. The fourth-order valence-corrected chi connectivity index (χ4v) is 3.18. The van der Waals surface area contributed by atoms with Crippen molar-refractivity contribution in [2.75, 3.05) is 11.9 Å². The average molecular weight is 329 g/mol. The van der Waals surface area contributed by atoms with Gasteiger partial charge in [0.15, 0.2) is 0 Å². The first-order valence-corrected chi connectivity index (χ1v) is 7.96. The Balaban J connectivity index is 1.76. The lowest BCUT2D eigenvalue weighted by Gasteiger charge is -2.25. The van der Waals surface area contributed by atoms with E-state index in [1.165, 1.54) is 0 Å². The summed E-state index contributed by atoms with van der Waals surface area (Å²) >= 11 is 6.25. The molecule has 2 aromatic carbocycles. The minimum Gasteiger partial charge on any atom is -0.327 e. The molecule has 5 heteroatoms. The number of nitrogens with zero attached hydrogens (tertiary/aromatic N) is 1. The molecule has 1 aliphatic heterocycles. The van der Waals surface area contributed by atoms with Crippen LogP contribution in [0.5, 0.6) is 0 Å². The number of likely N-dealkylation sites (tertiary alicyclic amines) is 1. The Bertz CT molecular complexity index is 718. The molecule has 0 spiro atoms.